The molecule has 2 unspecified atom stereocenters. The zero-order valence-corrected chi connectivity index (χ0v) is 23.0. The van der Waals surface area contributed by atoms with Gasteiger partial charge in [-0.05, 0) is 33.7 Å². The second-order valence-corrected chi connectivity index (χ2v) is 11.0. The molecule has 39 heavy (non-hydrogen) atoms. The van der Waals surface area contributed by atoms with E-state index in [9.17, 15) is 24.3 Å². The number of carbonyl (C=O) groups is 4. The number of nitrogens with one attached hydrogen (secondary N) is 2. The van der Waals surface area contributed by atoms with Crippen LogP contribution in [0.3, 0.4) is 0 Å². The van der Waals surface area contributed by atoms with E-state index >= 15 is 0 Å². The lowest BCUT2D eigenvalue weighted by atomic mass is 10.0. The Balaban J connectivity index is 1.53. The summed E-state index contributed by atoms with van der Waals surface area (Å²) in [7, 11) is 1.65. The second-order valence-electron chi connectivity index (χ2n) is 8.12. The number of urea groups is 1. The van der Waals surface area contributed by atoms with Crippen LogP contribution in [-0.2, 0) is 21.4 Å². The third-order valence-corrected chi connectivity index (χ3v) is 8.72. The number of hydrogen-bond donors (Lipinski definition) is 5. The molecule has 3 heterocycles. The number of rotatable bonds is 8. The molecule has 4 rings (SSSR count). The van der Waals surface area contributed by atoms with E-state index in [0.29, 0.717) is 10.7 Å². The number of fused-ring (bicyclic) bond motifs is 1. The highest BCUT2D eigenvalue weighted by Gasteiger charge is 2.54. The number of β-lactam (4-membered cyclic amide) rings is 1. The summed E-state index contributed by atoms with van der Waals surface area (Å²) >= 11 is 14.6. The van der Waals surface area contributed by atoms with Gasteiger partial charge in [0.25, 0.3) is 5.91 Å². The van der Waals surface area contributed by atoms with Crippen LogP contribution in [0.1, 0.15) is 11.6 Å². The van der Waals surface area contributed by atoms with Crippen molar-refractivity contribution in [2.45, 2.75) is 22.6 Å². The number of aryl methyl sites for hydroxylation is 1. The molecule has 0 aliphatic carbocycles. The largest absolute Gasteiger partial charge is 0.477 e. The van der Waals surface area contributed by atoms with Crippen LogP contribution in [0.15, 0.2) is 39.6 Å². The Bertz CT molecular complexity index is 1410. The van der Waals surface area contributed by atoms with E-state index in [4.69, 9.17) is 34.7 Å². The molecule has 0 bridgehead atoms. The minimum Gasteiger partial charge on any atom is -0.477 e. The first kappa shape index (κ1) is 28.5. The summed E-state index contributed by atoms with van der Waals surface area (Å²) in [5.74, 6) is -2.66. The Labute approximate surface area is 238 Å². The number of carboxylic acid groups (broad SMARTS) is 1. The number of nitrogens with two attached hydrogens (primary N) is 2. The first-order valence-corrected chi connectivity index (χ1v) is 13.7. The first-order chi connectivity index (χ1) is 18.5. The van der Waals surface area contributed by atoms with E-state index in [-0.39, 0.29) is 32.8 Å². The minimum absolute atomic E-state index is 0.121. The number of aliphatic imine (C=N–C) groups is 1. The number of amides is 4. The number of aromatic nitrogens is 4. The molecule has 2 aromatic rings. The van der Waals surface area contributed by atoms with E-state index in [0.717, 1.165) is 4.90 Å². The summed E-state index contributed by atoms with van der Waals surface area (Å²) in [5, 5.41) is 26.1. The van der Waals surface area contributed by atoms with Crippen molar-refractivity contribution >= 4 is 76.5 Å². The van der Waals surface area contributed by atoms with Crippen molar-refractivity contribution in [3.05, 3.63) is 45.1 Å². The van der Waals surface area contributed by atoms with Gasteiger partial charge < -0.3 is 27.2 Å². The molecule has 19 heteroatoms. The number of benzene rings is 1. The van der Waals surface area contributed by atoms with E-state index in [1.165, 1.54) is 46.4 Å². The van der Waals surface area contributed by atoms with Crippen molar-refractivity contribution in [3.8, 4) is 0 Å². The molecule has 15 nitrogen and oxygen atoms in total. The van der Waals surface area contributed by atoms with Crippen LogP contribution in [0.2, 0.25) is 10.0 Å². The average Bonchev–Trinajstić information content (AvgIpc) is 3.29. The van der Waals surface area contributed by atoms with Crippen LogP contribution in [0.4, 0.5) is 4.79 Å². The fraction of sp³-hybridized carbons (Fsp3) is 0.300. The van der Waals surface area contributed by atoms with Gasteiger partial charge in [-0.15, -0.1) is 16.9 Å². The van der Waals surface area contributed by atoms with Crippen molar-refractivity contribution in [2.24, 2.45) is 23.5 Å². The lowest BCUT2D eigenvalue weighted by Gasteiger charge is -2.49. The highest BCUT2D eigenvalue weighted by Crippen LogP contribution is 2.41. The number of halogens is 2. The molecule has 3 atom stereocenters. The summed E-state index contributed by atoms with van der Waals surface area (Å²) in [6.07, 6.45) is 0. The Morgan fingerprint density at radius 1 is 1.31 bits per heavy atom. The van der Waals surface area contributed by atoms with E-state index in [1.54, 1.807) is 7.05 Å². The summed E-state index contributed by atoms with van der Waals surface area (Å²) in [5.41, 5.74) is 11.1. The summed E-state index contributed by atoms with van der Waals surface area (Å²) in [4.78, 5) is 55.2. The second kappa shape index (κ2) is 11.7. The fourth-order valence-electron chi connectivity index (χ4n) is 3.79. The van der Waals surface area contributed by atoms with Gasteiger partial charge in [-0.1, -0.05) is 41.0 Å². The van der Waals surface area contributed by atoms with Gasteiger partial charge in [0, 0.05) is 18.6 Å². The van der Waals surface area contributed by atoms with Crippen LogP contribution < -0.4 is 22.1 Å². The van der Waals surface area contributed by atoms with Crippen molar-refractivity contribution in [1.29, 1.82) is 0 Å². The van der Waals surface area contributed by atoms with Gasteiger partial charge >= 0.3 is 12.0 Å². The number of nitrogens with zero attached hydrogens (tertiary/aromatic N) is 6. The smallest absolute Gasteiger partial charge is 0.352 e. The number of carboxylic acids is 1. The molecule has 2 aliphatic heterocycles. The highest BCUT2D eigenvalue weighted by molar-refractivity contribution is 8.01. The Kier molecular flexibility index (Phi) is 8.53. The van der Waals surface area contributed by atoms with Crippen LogP contribution in [0, 0.1) is 0 Å². The van der Waals surface area contributed by atoms with Gasteiger partial charge in [0.2, 0.25) is 11.1 Å². The number of tetrazole rings is 1. The van der Waals surface area contributed by atoms with Gasteiger partial charge in [0.15, 0.2) is 5.96 Å². The minimum atomic E-state index is -1.35. The van der Waals surface area contributed by atoms with Gasteiger partial charge in [-0.25, -0.2) is 14.3 Å². The standard InChI is InChI=1S/C20H20Cl2N10O5S2/c1-31-20(28-29-30-31)39-6-8-5-38-16-12(15(34)32(16)13(8)17(35)36)25-14(33)11(26-19(37)27-18(23)24)7-2-3-9(21)10(22)4-7/h2-4,11-12,16H,5-6H2,1H3,(H,25,33)(H,35,36)(H5,23,24,26,27,37)/t11?,12?,16-/m0/s1. The maximum atomic E-state index is 13.3. The molecule has 0 saturated carbocycles. The Morgan fingerprint density at radius 2 is 2.05 bits per heavy atom. The zero-order valence-electron chi connectivity index (χ0n) is 19.9. The molecule has 0 spiro atoms. The van der Waals surface area contributed by atoms with E-state index in [2.05, 4.69) is 31.2 Å². The predicted molar refractivity (Wildman–Crippen MR) is 143 cm³/mol. The molecule has 7 N–H and O–H groups in total. The lowest BCUT2D eigenvalue weighted by Crippen LogP contribution is -2.71. The van der Waals surface area contributed by atoms with Gasteiger partial charge in [-0.3, -0.25) is 14.5 Å². The third-order valence-electron chi connectivity index (χ3n) is 5.54. The highest BCUT2D eigenvalue weighted by atomic mass is 35.5. The maximum absolute atomic E-state index is 13.3. The summed E-state index contributed by atoms with van der Waals surface area (Å²) < 4.78 is 1.45. The number of thioether (sulfide) groups is 2. The molecular weight excluding hydrogens is 595 g/mol. The van der Waals surface area contributed by atoms with Crippen molar-refractivity contribution < 1.29 is 24.3 Å². The number of hydrogen-bond acceptors (Lipinski definition) is 9. The van der Waals surface area contributed by atoms with E-state index < -0.39 is 47.2 Å². The normalized spacial score (nSPS) is 19.1. The quantitative estimate of drug-likeness (QED) is 0.115. The third kappa shape index (κ3) is 6.05. The molecular formula is C20H20Cl2N10O5S2. The molecule has 2 aliphatic rings. The van der Waals surface area contributed by atoms with Crippen molar-refractivity contribution in [1.82, 2.24) is 35.7 Å². The lowest BCUT2D eigenvalue weighted by molar-refractivity contribution is -0.150. The van der Waals surface area contributed by atoms with E-state index in [1.807, 2.05) is 0 Å². The van der Waals surface area contributed by atoms with Crippen molar-refractivity contribution in [3.63, 3.8) is 0 Å². The van der Waals surface area contributed by atoms with Gasteiger partial charge in [0.1, 0.15) is 23.2 Å². The van der Waals surface area contributed by atoms with Crippen LogP contribution in [-0.4, -0.2) is 82.9 Å². The fourth-order valence-corrected chi connectivity index (χ4v) is 6.43. The first-order valence-electron chi connectivity index (χ1n) is 10.9. The Morgan fingerprint density at radius 3 is 2.67 bits per heavy atom. The maximum Gasteiger partial charge on any atom is 0.352 e. The monoisotopic (exact) mass is 614 g/mol. The zero-order chi connectivity index (χ0) is 28.4. The molecule has 4 amide bonds. The molecule has 1 aromatic heterocycles. The number of guanidine groups is 1. The molecule has 1 aromatic carbocycles. The van der Waals surface area contributed by atoms with Crippen molar-refractivity contribution in [2.75, 3.05) is 11.5 Å². The molecule has 0 radical (unpaired) electrons. The summed E-state index contributed by atoms with van der Waals surface area (Å²) in [6, 6.07) is 0.842. The average molecular weight is 615 g/mol. The topological polar surface area (TPSA) is 224 Å². The number of aliphatic carboxylic acids is 1. The molecule has 1 saturated heterocycles. The van der Waals surface area contributed by atoms with Gasteiger partial charge in [0.05, 0.1) is 10.0 Å². The SMILES string of the molecule is Cn1nnnc1SCC1=C(C(=O)O)N2C(=O)C(NC(=O)C(NC(=O)N=C(N)N)c3ccc(Cl)c(Cl)c3)[C@@H]2SC1. The summed E-state index contributed by atoms with van der Waals surface area (Å²) in [6.45, 7) is 0. The Hall–Kier alpha value is -3.54. The van der Waals surface area contributed by atoms with Gasteiger partial charge in [-0.2, -0.15) is 4.99 Å². The van der Waals surface area contributed by atoms with Crippen LogP contribution in [0.25, 0.3) is 0 Å². The molecule has 1 fully saturated rings. The molecule has 206 valence electrons. The predicted octanol–water partition coefficient (Wildman–Crippen LogP) is 0.0719. The van der Waals surface area contributed by atoms with Crippen LogP contribution >= 0.6 is 46.7 Å². The number of carbonyl (C=O) groups excluding carboxylic acids is 3. The van der Waals surface area contributed by atoms with Crippen LogP contribution in [0.5, 0.6) is 0 Å².